The third-order valence-electron chi connectivity index (χ3n) is 6.25. The van der Waals surface area contributed by atoms with Gasteiger partial charge in [-0.05, 0) is 46.8 Å². The molecule has 0 amide bonds. The Hall–Kier alpha value is -3.03. The van der Waals surface area contributed by atoms with Gasteiger partial charge in [0.2, 0.25) is 0 Å². The van der Waals surface area contributed by atoms with Crippen LogP contribution in [-0.2, 0) is 5.41 Å². The third kappa shape index (κ3) is 2.89. The van der Waals surface area contributed by atoms with Crippen LogP contribution in [0.4, 0.5) is 0 Å². The van der Waals surface area contributed by atoms with Crippen LogP contribution in [0.5, 0.6) is 0 Å². The van der Waals surface area contributed by atoms with Gasteiger partial charge in [-0.3, -0.25) is 0 Å². The lowest BCUT2D eigenvalue weighted by Crippen LogP contribution is -2.43. The Bertz CT molecular complexity index is 954. The fourth-order valence-corrected chi connectivity index (χ4v) is 4.64. The standard InChI is InChI=1S/C24H26N4/c1-15-5-10-18-19(11-15)21(16-6-8-17(9-7-16)23(2,3)4)24(13-26,14-27)22(28)20(18)12-25/h6-10,15,19,21H,5,11,28H2,1-4H3/t15-,19-,21-/m1/s1. The molecule has 0 heterocycles. The van der Waals surface area contributed by atoms with Crippen LogP contribution >= 0.6 is 0 Å². The molecular weight excluding hydrogens is 344 g/mol. The van der Waals surface area contributed by atoms with Gasteiger partial charge in [0.25, 0.3) is 0 Å². The topological polar surface area (TPSA) is 97.4 Å². The van der Waals surface area contributed by atoms with Crippen LogP contribution in [0.25, 0.3) is 0 Å². The first-order valence-electron chi connectivity index (χ1n) is 9.73. The number of rotatable bonds is 1. The van der Waals surface area contributed by atoms with Gasteiger partial charge in [-0.15, -0.1) is 0 Å². The Morgan fingerprint density at radius 3 is 2.18 bits per heavy atom. The van der Waals surface area contributed by atoms with Crippen molar-refractivity contribution in [2.45, 2.75) is 51.9 Å². The van der Waals surface area contributed by atoms with Crippen molar-refractivity contribution in [1.29, 1.82) is 15.8 Å². The molecule has 3 atom stereocenters. The van der Waals surface area contributed by atoms with Crippen LogP contribution in [0.2, 0.25) is 0 Å². The van der Waals surface area contributed by atoms with Gasteiger partial charge in [0.05, 0.1) is 23.4 Å². The van der Waals surface area contributed by atoms with Gasteiger partial charge in [0.15, 0.2) is 5.41 Å². The molecule has 0 aliphatic heterocycles. The highest BCUT2D eigenvalue weighted by molar-refractivity contribution is 5.59. The molecule has 0 saturated carbocycles. The fourth-order valence-electron chi connectivity index (χ4n) is 4.64. The first-order valence-corrected chi connectivity index (χ1v) is 9.73. The molecule has 4 heteroatoms. The summed E-state index contributed by atoms with van der Waals surface area (Å²) in [5, 5.41) is 29.9. The second kappa shape index (κ2) is 6.85. The summed E-state index contributed by atoms with van der Waals surface area (Å²) >= 11 is 0. The monoisotopic (exact) mass is 370 g/mol. The minimum absolute atomic E-state index is 0.0178. The maximum absolute atomic E-state index is 10.1. The van der Waals surface area contributed by atoms with Crippen LogP contribution in [0.1, 0.15) is 57.6 Å². The molecule has 2 aliphatic rings. The molecule has 142 valence electrons. The average molecular weight is 371 g/mol. The molecule has 0 fully saturated rings. The van der Waals surface area contributed by atoms with E-state index in [2.05, 4.69) is 64.1 Å². The number of nitrogens with two attached hydrogens (primary N) is 1. The predicted molar refractivity (Wildman–Crippen MR) is 108 cm³/mol. The maximum Gasteiger partial charge on any atom is 0.191 e. The number of hydrogen-bond donors (Lipinski definition) is 1. The van der Waals surface area contributed by atoms with E-state index < -0.39 is 5.41 Å². The second-order valence-corrected chi connectivity index (χ2v) is 9.12. The van der Waals surface area contributed by atoms with Gasteiger partial charge >= 0.3 is 0 Å². The predicted octanol–water partition coefficient (Wildman–Crippen LogP) is 4.82. The molecule has 0 saturated heterocycles. The molecule has 0 bridgehead atoms. The minimum atomic E-state index is -1.53. The van der Waals surface area contributed by atoms with Gasteiger partial charge in [0.1, 0.15) is 6.07 Å². The molecule has 1 aromatic carbocycles. The van der Waals surface area contributed by atoms with Crippen molar-refractivity contribution in [2.75, 3.05) is 0 Å². The van der Waals surface area contributed by atoms with Crippen molar-refractivity contribution in [3.63, 3.8) is 0 Å². The average Bonchev–Trinajstić information content (AvgIpc) is 2.67. The molecule has 28 heavy (non-hydrogen) atoms. The summed E-state index contributed by atoms with van der Waals surface area (Å²) in [5.74, 6) is -0.0208. The Morgan fingerprint density at radius 1 is 1.07 bits per heavy atom. The van der Waals surface area contributed by atoms with E-state index >= 15 is 0 Å². The molecule has 2 aliphatic carbocycles. The van der Waals surface area contributed by atoms with Gasteiger partial charge in [-0.1, -0.05) is 58.0 Å². The van der Waals surface area contributed by atoms with Crippen LogP contribution in [0, 0.1) is 51.2 Å². The van der Waals surface area contributed by atoms with E-state index in [0.29, 0.717) is 11.5 Å². The lowest BCUT2D eigenvalue weighted by atomic mass is 9.56. The summed E-state index contributed by atoms with van der Waals surface area (Å²) in [6.07, 6.45) is 3.80. The summed E-state index contributed by atoms with van der Waals surface area (Å²) in [5.41, 5.74) is 8.27. The van der Waals surface area contributed by atoms with E-state index in [9.17, 15) is 15.8 Å². The largest absolute Gasteiger partial charge is 0.399 e. The highest BCUT2D eigenvalue weighted by Gasteiger charge is 2.54. The van der Waals surface area contributed by atoms with E-state index in [0.717, 1.165) is 24.0 Å². The molecule has 1 aromatic rings. The lowest BCUT2D eigenvalue weighted by molar-refractivity contribution is 0.284. The van der Waals surface area contributed by atoms with E-state index in [4.69, 9.17) is 5.73 Å². The second-order valence-electron chi connectivity index (χ2n) is 9.12. The Morgan fingerprint density at radius 2 is 1.68 bits per heavy atom. The van der Waals surface area contributed by atoms with Crippen molar-refractivity contribution in [2.24, 2.45) is 23.0 Å². The molecule has 0 spiro atoms. The quantitative estimate of drug-likeness (QED) is 0.766. The Kier molecular flexibility index (Phi) is 4.82. The normalized spacial score (nSPS) is 26.3. The summed E-state index contributed by atoms with van der Waals surface area (Å²) in [6.45, 7) is 8.63. The first-order chi connectivity index (χ1) is 13.2. The minimum Gasteiger partial charge on any atom is -0.399 e. The number of fused-ring (bicyclic) bond motifs is 1. The molecule has 0 radical (unpaired) electrons. The van der Waals surface area contributed by atoms with E-state index in [1.54, 1.807) is 0 Å². The SMILES string of the molecule is C[C@@H]1CC=C2C(C#N)=C(N)C(C#N)(C#N)[C@H](c3ccc(C(C)(C)C)cc3)[C@@H]2C1. The number of allylic oxidation sites excluding steroid dienone is 4. The summed E-state index contributed by atoms with van der Waals surface area (Å²) < 4.78 is 0. The Labute approximate surface area is 167 Å². The van der Waals surface area contributed by atoms with E-state index in [1.165, 1.54) is 5.56 Å². The fraction of sp³-hybridized carbons (Fsp3) is 0.458. The zero-order valence-electron chi connectivity index (χ0n) is 17.0. The molecule has 2 N–H and O–H groups in total. The number of benzene rings is 1. The van der Waals surface area contributed by atoms with Crippen LogP contribution in [0.3, 0.4) is 0 Å². The van der Waals surface area contributed by atoms with Crippen LogP contribution in [0.15, 0.2) is 47.2 Å². The molecule has 3 rings (SSSR count). The third-order valence-corrected chi connectivity index (χ3v) is 6.25. The van der Waals surface area contributed by atoms with Gasteiger partial charge in [-0.25, -0.2) is 0 Å². The Balaban J connectivity index is 2.25. The van der Waals surface area contributed by atoms with E-state index in [-0.39, 0.29) is 22.9 Å². The molecule has 0 unspecified atom stereocenters. The van der Waals surface area contributed by atoms with E-state index in [1.807, 2.05) is 12.1 Å². The molecule has 0 aromatic heterocycles. The van der Waals surface area contributed by atoms with Crippen molar-refractivity contribution in [3.05, 3.63) is 58.3 Å². The zero-order valence-corrected chi connectivity index (χ0v) is 17.0. The highest BCUT2D eigenvalue weighted by Crippen LogP contribution is 2.56. The van der Waals surface area contributed by atoms with Crippen molar-refractivity contribution in [3.8, 4) is 18.2 Å². The molecule has 4 nitrogen and oxygen atoms in total. The van der Waals surface area contributed by atoms with Gasteiger partial charge < -0.3 is 5.73 Å². The summed E-state index contributed by atoms with van der Waals surface area (Å²) in [6, 6.07) is 14.8. The number of hydrogen-bond acceptors (Lipinski definition) is 4. The zero-order chi connectivity index (χ0) is 20.7. The smallest absolute Gasteiger partial charge is 0.191 e. The van der Waals surface area contributed by atoms with Gasteiger partial charge in [-0.2, -0.15) is 15.8 Å². The number of nitrogens with zero attached hydrogens (tertiary/aromatic N) is 3. The van der Waals surface area contributed by atoms with Crippen molar-refractivity contribution in [1.82, 2.24) is 0 Å². The van der Waals surface area contributed by atoms with Crippen LogP contribution in [-0.4, -0.2) is 0 Å². The number of nitriles is 3. The van der Waals surface area contributed by atoms with Gasteiger partial charge in [0, 0.05) is 5.92 Å². The highest BCUT2D eigenvalue weighted by atomic mass is 14.7. The van der Waals surface area contributed by atoms with Crippen molar-refractivity contribution >= 4 is 0 Å². The molecular formula is C24H26N4. The summed E-state index contributed by atoms with van der Waals surface area (Å²) in [4.78, 5) is 0. The van der Waals surface area contributed by atoms with Crippen molar-refractivity contribution < 1.29 is 0 Å². The lowest BCUT2D eigenvalue weighted by Gasteiger charge is -2.44. The maximum atomic E-state index is 10.1. The first kappa shape index (κ1) is 19.7. The van der Waals surface area contributed by atoms with Crippen LogP contribution < -0.4 is 5.73 Å². The summed E-state index contributed by atoms with van der Waals surface area (Å²) in [7, 11) is 0.